The summed E-state index contributed by atoms with van der Waals surface area (Å²) in [6, 6.07) is 9.92. The lowest BCUT2D eigenvalue weighted by molar-refractivity contribution is 0.301. The van der Waals surface area contributed by atoms with Gasteiger partial charge in [0.05, 0.1) is 25.3 Å². The molecule has 0 bridgehead atoms. The number of benzene rings is 1. The zero-order valence-corrected chi connectivity index (χ0v) is 11.7. The molecule has 1 N–H and O–H groups in total. The molecule has 1 aliphatic carbocycles. The van der Waals surface area contributed by atoms with Crippen LogP contribution < -0.4 is 5.43 Å². The molecule has 2 unspecified atom stereocenters. The molecule has 106 valence electrons. The summed E-state index contributed by atoms with van der Waals surface area (Å²) in [4.78, 5) is 8.63. The van der Waals surface area contributed by atoms with Crippen molar-refractivity contribution in [3.63, 3.8) is 0 Å². The van der Waals surface area contributed by atoms with Crippen molar-refractivity contribution in [1.29, 1.82) is 0 Å². The van der Waals surface area contributed by atoms with Gasteiger partial charge in [0.15, 0.2) is 0 Å². The molecule has 0 spiro atoms. The fourth-order valence-electron chi connectivity index (χ4n) is 2.24. The van der Waals surface area contributed by atoms with Crippen molar-refractivity contribution < 1.29 is 4.74 Å². The van der Waals surface area contributed by atoms with E-state index < -0.39 is 0 Å². The molecular formula is C16H16N4O. The van der Waals surface area contributed by atoms with Crippen LogP contribution in [0.2, 0.25) is 0 Å². The van der Waals surface area contributed by atoms with E-state index in [0.717, 1.165) is 17.2 Å². The van der Waals surface area contributed by atoms with Crippen molar-refractivity contribution in [2.75, 3.05) is 7.11 Å². The average molecular weight is 280 g/mol. The Kier molecular flexibility index (Phi) is 3.91. The van der Waals surface area contributed by atoms with Crippen LogP contribution in [0.5, 0.6) is 0 Å². The van der Waals surface area contributed by atoms with Gasteiger partial charge >= 0.3 is 0 Å². The van der Waals surface area contributed by atoms with E-state index in [2.05, 4.69) is 20.5 Å². The first kappa shape index (κ1) is 13.3. The molecule has 5 nitrogen and oxygen atoms in total. The molecule has 1 aliphatic heterocycles. The lowest BCUT2D eigenvalue weighted by Crippen LogP contribution is -2.36. The number of ether oxygens (including phenoxy) is 1. The van der Waals surface area contributed by atoms with Crippen LogP contribution in [0, 0.1) is 5.92 Å². The highest BCUT2D eigenvalue weighted by Crippen LogP contribution is 2.23. The van der Waals surface area contributed by atoms with E-state index in [1.807, 2.05) is 48.6 Å². The second kappa shape index (κ2) is 6.17. The second-order valence-corrected chi connectivity index (χ2v) is 4.71. The molecular weight excluding hydrogens is 264 g/mol. The quantitative estimate of drug-likeness (QED) is 0.681. The molecule has 0 fully saturated rings. The molecule has 1 aromatic rings. The highest BCUT2D eigenvalue weighted by Gasteiger charge is 2.27. The zero-order valence-electron chi connectivity index (χ0n) is 11.7. The summed E-state index contributed by atoms with van der Waals surface area (Å²) in [7, 11) is 1.65. The van der Waals surface area contributed by atoms with Crippen LogP contribution in [-0.2, 0) is 4.74 Å². The van der Waals surface area contributed by atoms with Crippen LogP contribution >= 0.6 is 0 Å². The maximum atomic E-state index is 5.22. The smallest absolute Gasteiger partial charge is 0.133 e. The number of rotatable bonds is 3. The number of hydrogen-bond donors (Lipinski definition) is 1. The van der Waals surface area contributed by atoms with Crippen molar-refractivity contribution in [1.82, 2.24) is 5.43 Å². The van der Waals surface area contributed by atoms with Crippen molar-refractivity contribution in [2.45, 2.75) is 6.04 Å². The largest absolute Gasteiger partial charge is 0.497 e. The molecule has 0 saturated heterocycles. The van der Waals surface area contributed by atoms with E-state index in [9.17, 15) is 0 Å². The first-order valence-corrected chi connectivity index (χ1v) is 6.74. The summed E-state index contributed by atoms with van der Waals surface area (Å²) >= 11 is 0. The Bertz CT molecular complexity index is 644. The van der Waals surface area contributed by atoms with Crippen LogP contribution in [0.4, 0.5) is 0 Å². The molecule has 0 radical (unpaired) electrons. The lowest BCUT2D eigenvalue weighted by Gasteiger charge is -2.25. The number of fused-ring (bicyclic) bond motifs is 1. The Hall–Kier alpha value is -2.69. The molecule has 0 aromatic heterocycles. The fraction of sp³-hybridized carbons (Fsp3) is 0.188. The first-order chi connectivity index (χ1) is 10.4. The van der Waals surface area contributed by atoms with E-state index >= 15 is 0 Å². The van der Waals surface area contributed by atoms with Crippen LogP contribution in [-0.4, -0.2) is 31.5 Å². The van der Waals surface area contributed by atoms with Crippen molar-refractivity contribution in [3.05, 3.63) is 59.9 Å². The Morgan fingerprint density at radius 1 is 1.29 bits per heavy atom. The van der Waals surface area contributed by atoms with Gasteiger partial charge < -0.3 is 4.74 Å². The monoisotopic (exact) mass is 280 g/mol. The summed E-state index contributed by atoms with van der Waals surface area (Å²) in [5.74, 6) is 1.68. The molecule has 2 aliphatic rings. The minimum Gasteiger partial charge on any atom is -0.497 e. The molecule has 0 amide bonds. The van der Waals surface area contributed by atoms with Gasteiger partial charge in [0.25, 0.3) is 0 Å². The molecule has 0 saturated carbocycles. The summed E-state index contributed by atoms with van der Waals surface area (Å²) in [6.07, 6.45) is 9.28. The molecule has 1 heterocycles. The third-order valence-corrected chi connectivity index (χ3v) is 3.35. The molecule has 2 atom stereocenters. The highest BCUT2D eigenvalue weighted by atomic mass is 16.5. The predicted molar refractivity (Wildman–Crippen MR) is 84.6 cm³/mol. The van der Waals surface area contributed by atoms with Crippen molar-refractivity contribution >= 4 is 18.4 Å². The highest BCUT2D eigenvalue weighted by molar-refractivity contribution is 5.95. The topological polar surface area (TPSA) is 58.3 Å². The standard InChI is InChI=1S/C16H16N4O/c1-21-13-7-8-14-15(9-13)17-11-18-16(14)20-19-10-12-5-3-2-4-6-12/h2-11,14-15H,1H3,(H,17,18,20)/b19-10+. The summed E-state index contributed by atoms with van der Waals surface area (Å²) in [5, 5.41) is 4.24. The summed E-state index contributed by atoms with van der Waals surface area (Å²) < 4.78 is 5.22. The number of nitrogens with zero attached hydrogens (tertiary/aromatic N) is 3. The first-order valence-electron chi connectivity index (χ1n) is 6.74. The number of amidine groups is 1. The number of allylic oxidation sites excluding steroid dienone is 1. The lowest BCUT2D eigenvalue weighted by atomic mass is 9.93. The molecule has 1 aromatic carbocycles. The third kappa shape index (κ3) is 3.08. The maximum Gasteiger partial charge on any atom is 0.133 e. The molecule has 3 rings (SSSR count). The van der Waals surface area contributed by atoms with Crippen LogP contribution in [0.3, 0.4) is 0 Å². The van der Waals surface area contributed by atoms with Crippen LogP contribution in [0.1, 0.15) is 5.56 Å². The van der Waals surface area contributed by atoms with Gasteiger partial charge in [0, 0.05) is 0 Å². The normalized spacial score (nSPS) is 23.5. The van der Waals surface area contributed by atoms with Crippen LogP contribution in [0.15, 0.2) is 69.4 Å². The van der Waals surface area contributed by atoms with Gasteiger partial charge in [-0.2, -0.15) is 5.10 Å². The minimum absolute atomic E-state index is 0.0110. The maximum absolute atomic E-state index is 5.22. The van der Waals surface area contributed by atoms with Gasteiger partial charge in [-0.15, -0.1) is 0 Å². The van der Waals surface area contributed by atoms with E-state index in [0.29, 0.717) is 0 Å². The minimum atomic E-state index is 0.0110. The van der Waals surface area contributed by atoms with Gasteiger partial charge in [0.1, 0.15) is 17.9 Å². The van der Waals surface area contributed by atoms with Crippen LogP contribution in [0.25, 0.3) is 0 Å². The predicted octanol–water partition coefficient (Wildman–Crippen LogP) is 2.14. The molecule has 5 heteroatoms. The van der Waals surface area contributed by atoms with E-state index in [1.54, 1.807) is 19.7 Å². The number of hydrogen-bond acceptors (Lipinski definition) is 5. The zero-order chi connectivity index (χ0) is 14.5. The summed E-state index contributed by atoms with van der Waals surface area (Å²) in [5.41, 5.74) is 4.04. The number of methoxy groups -OCH3 is 1. The van der Waals surface area contributed by atoms with Gasteiger partial charge in [-0.3, -0.25) is 10.4 Å². The molecule has 21 heavy (non-hydrogen) atoms. The van der Waals surface area contributed by atoms with Crippen molar-refractivity contribution in [2.24, 2.45) is 21.0 Å². The second-order valence-electron chi connectivity index (χ2n) is 4.71. The average Bonchev–Trinajstić information content (AvgIpc) is 2.55. The number of hydrazone groups is 1. The number of aliphatic imine (C=N–C) groups is 2. The van der Waals surface area contributed by atoms with E-state index in [1.165, 1.54) is 0 Å². The van der Waals surface area contributed by atoms with Gasteiger partial charge in [-0.05, 0) is 17.7 Å². The Labute approximate surface area is 123 Å². The SMILES string of the molecule is COC1=CC2N=CN=C(N/N=C/c3ccccc3)C2C=C1. The van der Waals surface area contributed by atoms with Gasteiger partial charge in [-0.1, -0.05) is 36.4 Å². The summed E-state index contributed by atoms with van der Waals surface area (Å²) in [6.45, 7) is 0. The Balaban J connectivity index is 1.68. The Morgan fingerprint density at radius 3 is 2.95 bits per heavy atom. The number of nitrogens with one attached hydrogen (secondary N) is 1. The van der Waals surface area contributed by atoms with Gasteiger partial charge in [-0.25, -0.2) is 4.99 Å². The Morgan fingerprint density at radius 2 is 2.14 bits per heavy atom. The fourth-order valence-corrected chi connectivity index (χ4v) is 2.24. The van der Waals surface area contributed by atoms with E-state index in [-0.39, 0.29) is 12.0 Å². The van der Waals surface area contributed by atoms with E-state index in [4.69, 9.17) is 4.74 Å². The van der Waals surface area contributed by atoms with Crippen molar-refractivity contribution in [3.8, 4) is 0 Å². The third-order valence-electron chi connectivity index (χ3n) is 3.35. The van der Waals surface area contributed by atoms with Gasteiger partial charge in [0.2, 0.25) is 0 Å².